The molecule has 1 aromatic carbocycles. The van der Waals surface area contributed by atoms with E-state index >= 15 is 0 Å². The highest BCUT2D eigenvalue weighted by molar-refractivity contribution is 5.53. The fourth-order valence-electron chi connectivity index (χ4n) is 1.25. The smallest absolute Gasteiger partial charge is 0.419 e. The van der Waals surface area contributed by atoms with Gasteiger partial charge in [-0.3, -0.25) is 0 Å². The molecule has 0 aliphatic rings. The van der Waals surface area contributed by atoms with Gasteiger partial charge in [0.1, 0.15) is 5.75 Å². The fraction of sp³-hybridized carbons (Fsp3) is 0.200. The van der Waals surface area contributed by atoms with Crippen LogP contribution in [0.4, 0.5) is 13.2 Å². The Hall–Kier alpha value is -2.09. The molecule has 1 heterocycles. The van der Waals surface area contributed by atoms with Crippen molar-refractivity contribution >= 4 is 0 Å². The monoisotopic (exact) mass is 259 g/mol. The quantitative estimate of drug-likeness (QED) is 0.913. The summed E-state index contributed by atoms with van der Waals surface area (Å²) in [5.74, 6) is 0.124. The van der Waals surface area contributed by atoms with Gasteiger partial charge in [0, 0.05) is 5.56 Å². The van der Waals surface area contributed by atoms with Crippen LogP contribution in [0, 0.1) is 0 Å². The molecule has 0 atom stereocenters. The lowest BCUT2D eigenvalue weighted by Gasteiger charge is -2.08. The van der Waals surface area contributed by atoms with Crippen LogP contribution in [0.2, 0.25) is 0 Å². The third-order valence-electron chi connectivity index (χ3n) is 1.98. The van der Waals surface area contributed by atoms with Crippen molar-refractivity contribution in [1.29, 1.82) is 0 Å². The number of alkyl halides is 3. The fourth-order valence-corrected chi connectivity index (χ4v) is 1.25. The van der Waals surface area contributed by atoms with E-state index in [1.54, 1.807) is 0 Å². The number of nitrogens with zero attached hydrogens (tertiary/aromatic N) is 2. The molecule has 0 unspecified atom stereocenters. The number of aromatic nitrogens is 2. The lowest BCUT2D eigenvalue weighted by atomic mass is 10.2. The number of hydrogen-bond donors (Lipinski definition) is 1. The van der Waals surface area contributed by atoms with Gasteiger partial charge >= 0.3 is 6.36 Å². The van der Waals surface area contributed by atoms with Crippen molar-refractivity contribution in [1.82, 2.24) is 10.2 Å². The lowest BCUT2D eigenvalue weighted by molar-refractivity contribution is -0.274. The Labute approximate surface area is 99.4 Å². The van der Waals surface area contributed by atoms with Crippen molar-refractivity contribution in [3.8, 4) is 17.2 Å². The van der Waals surface area contributed by atoms with Crippen LogP contribution in [0.15, 0.2) is 28.7 Å². The van der Waals surface area contributed by atoms with Gasteiger partial charge in [0.05, 0.1) is 6.54 Å². The standard InChI is InChI=1S/C10H8F3N3O2/c11-10(12,13)18-7-3-1-6(2-4-7)9-16-15-8(5-14)17-9/h1-4H,5,14H2. The van der Waals surface area contributed by atoms with Crippen LogP contribution in [0.1, 0.15) is 5.89 Å². The summed E-state index contributed by atoms with van der Waals surface area (Å²) in [5.41, 5.74) is 5.78. The first-order valence-corrected chi connectivity index (χ1v) is 4.86. The highest BCUT2D eigenvalue weighted by atomic mass is 19.4. The first kappa shape index (κ1) is 12.4. The van der Waals surface area contributed by atoms with Crippen molar-refractivity contribution in [3.63, 3.8) is 0 Å². The van der Waals surface area contributed by atoms with Gasteiger partial charge in [-0.15, -0.1) is 23.4 Å². The van der Waals surface area contributed by atoms with E-state index < -0.39 is 6.36 Å². The first-order valence-electron chi connectivity index (χ1n) is 4.86. The highest BCUT2D eigenvalue weighted by Crippen LogP contribution is 2.25. The average molecular weight is 259 g/mol. The van der Waals surface area contributed by atoms with Gasteiger partial charge in [-0.05, 0) is 24.3 Å². The second-order valence-electron chi connectivity index (χ2n) is 3.28. The van der Waals surface area contributed by atoms with Gasteiger partial charge in [0.25, 0.3) is 0 Å². The molecule has 2 aromatic rings. The molecular weight excluding hydrogens is 251 g/mol. The Bertz CT molecular complexity index is 522. The second kappa shape index (κ2) is 4.65. The van der Waals surface area contributed by atoms with E-state index in [1.807, 2.05) is 0 Å². The molecule has 0 saturated carbocycles. The van der Waals surface area contributed by atoms with Gasteiger partial charge in [0.15, 0.2) is 0 Å². The minimum atomic E-state index is -4.71. The summed E-state index contributed by atoms with van der Waals surface area (Å²) in [6.45, 7) is 0.0995. The summed E-state index contributed by atoms with van der Waals surface area (Å²) in [6.07, 6.45) is -4.71. The zero-order valence-electron chi connectivity index (χ0n) is 8.94. The van der Waals surface area contributed by atoms with Crippen LogP contribution in [0.25, 0.3) is 11.5 Å². The molecule has 0 aliphatic heterocycles. The van der Waals surface area contributed by atoms with E-state index in [0.29, 0.717) is 5.56 Å². The third kappa shape index (κ3) is 2.98. The van der Waals surface area contributed by atoms with E-state index in [-0.39, 0.29) is 24.1 Å². The molecule has 0 saturated heterocycles. The van der Waals surface area contributed by atoms with Crippen LogP contribution >= 0.6 is 0 Å². The van der Waals surface area contributed by atoms with Crippen molar-refractivity contribution < 1.29 is 22.3 Å². The normalized spacial score (nSPS) is 11.6. The topological polar surface area (TPSA) is 74.2 Å². The molecule has 0 aliphatic carbocycles. The maximum atomic E-state index is 11.9. The number of nitrogens with two attached hydrogens (primary N) is 1. The van der Waals surface area contributed by atoms with Crippen LogP contribution in [0.5, 0.6) is 5.75 Å². The third-order valence-corrected chi connectivity index (χ3v) is 1.98. The Morgan fingerprint density at radius 1 is 1.17 bits per heavy atom. The number of hydrogen-bond acceptors (Lipinski definition) is 5. The molecule has 0 bridgehead atoms. The van der Waals surface area contributed by atoms with Crippen LogP contribution < -0.4 is 10.5 Å². The summed E-state index contributed by atoms with van der Waals surface area (Å²) in [7, 11) is 0. The molecule has 0 radical (unpaired) electrons. The zero-order chi connectivity index (χ0) is 13.2. The Morgan fingerprint density at radius 3 is 2.33 bits per heavy atom. The molecule has 2 rings (SSSR count). The number of ether oxygens (including phenoxy) is 1. The van der Waals surface area contributed by atoms with Gasteiger partial charge in [-0.25, -0.2) is 0 Å². The lowest BCUT2D eigenvalue weighted by Crippen LogP contribution is -2.16. The second-order valence-corrected chi connectivity index (χ2v) is 3.28. The largest absolute Gasteiger partial charge is 0.573 e. The molecular formula is C10H8F3N3O2. The molecule has 0 fully saturated rings. The van der Waals surface area contributed by atoms with Crippen LogP contribution in [-0.4, -0.2) is 16.6 Å². The van der Waals surface area contributed by atoms with E-state index in [0.717, 1.165) is 12.1 Å². The van der Waals surface area contributed by atoms with E-state index in [4.69, 9.17) is 10.2 Å². The summed E-state index contributed by atoms with van der Waals surface area (Å²) in [6, 6.07) is 5.09. The number of rotatable bonds is 3. The summed E-state index contributed by atoms with van der Waals surface area (Å²) >= 11 is 0. The Balaban J connectivity index is 2.17. The van der Waals surface area contributed by atoms with E-state index in [2.05, 4.69) is 14.9 Å². The van der Waals surface area contributed by atoms with Gasteiger partial charge in [0.2, 0.25) is 11.8 Å². The molecule has 18 heavy (non-hydrogen) atoms. The van der Waals surface area contributed by atoms with Crippen molar-refractivity contribution in [3.05, 3.63) is 30.2 Å². The summed E-state index contributed by atoms with van der Waals surface area (Å²) in [4.78, 5) is 0. The molecule has 0 amide bonds. The SMILES string of the molecule is NCc1nnc(-c2ccc(OC(F)(F)F)cc2)o1. The van der Waals surface area contributed by atoms with Crippen LogP contribution in [0.3, 0.4) is 0 Å². The van der Waals surface area contributed by atoms with Crippen LogP contribution in [-0.2, 0) is 6.54 Å². The molecule has 2 N–H and O–H groups in total. The molecule has 0 spiro atoms. The maximum absolute atomic E-state index is 11.9. The van der Waals surface area contributed by atoms with E-state index in [1.165, 1.54) is 12.1 Å². The zero-order valence-corrected chi connectivity index (χ0v) is 8.94. The minimum absolute atomic E-state index is 0.0995. The molecule has 8 heteroatoms. The van der Waals surface area contributed by atoms with Gasteiger partial charge in [-0.1, -0.05) is 0 Å². The molecule has 1 aromatic heterocycles. The predicted octanol–water partition coefficient (Wildman–Crippen LogP) is 2.09. The average Bonchev–Trinajstić information content (AvgIpc) is 2.76. The van der Waals surface area contributed by atoms with Crippen molar-refractivity contribution in [2.45, 2.75) is 12.9 Å². The Kier molecular flexibility index (Phi) is 3.19. The first-order chi connectivity index (χ1) is 8.48. The number of benzene rings is 1. The predicted molar refractivity (Wildman–Crippen MR) is 54.3 cm³/mol. The van der Waals surface area contributed by atoms with Gasteiger partial charge in [-0.2, -0.15) is 0 Å². The Morgan fingerprint density at radius 2 is 1.83 bits per heavy atom. The van der Waals surface area contributed by atoms with Gasteiger partial charge < -0.3 is 14.9 Å². The van der Waals surface area contributed by atoms with Crippen molar-refractivity contribution in [2.75, 3.05) is 0 Å². The highest BCUT2D eigenvalue weighted by Gasteiger charge is 2.31. The molecule has 5 nitrogen and oxygen atoms in total. The summed E-state index contributed by atoms with van der Waals surface area (Å²) < 4.78 is 44.7. The van der Waals surface area contributed by atoms with E-state index in [9.17, 15) is 13.2 Å². The maximum Gasteiger partial charge on any atom is 0.573 e. The minimum Gasteiger partial charge on any atom is -0.419 e. The number of halogens is 3. The van der Waals surface area contributed by atoms with Crippen molar-refractivity contribution in [2.24, 2.45) is 5.73 Å². The summed E-state index contributed by atoms with van der Waals surface area (Å²) in [5, 5.41) is 7.34. The molecule has 96 valence electrons.